The molecule has 3 heterocycles. The third kappa shape index (κ3) is 5.96. The standard InChI is InChI=1S/C19H20F3N5O4/c20-19(21,22)13-3-4-15(23-10-13)26-5-7-27(8-6-26)17(29)12-24-16(28)11-25-18(30)14-2-1-9-31-14/h1-4,9-10H,5-8,11-12H2,(H,24,28)(H,25,30). The van der Waals surface area contributed by atoms with Crippen LogP contribution in [0, 0.1) is 0 Å². The highest BCUT2D eigenvalue weighted by molar-refractivity contribution is 5.94. The van der Waals surface area contributed by atoms with E-state index in [0.29, 0.717) is 32.0 Å². The second-order valence-electron chi connectivity index (χ2n) is 6.71. The van der Waals surface area contributed by atoms with Gasteiger partial charge in [-0.2, -0.15) is 13.2 Å². The molecule has 0 radical (unpaired) electrons. The van der Waals surface area contributed by atoms with Gasteiger partial charge in [0, 0.05) is 32.4 Å². The topological polar surface area (TPSA) is 108 Å². The number of carbonyl (C=O) groups is 3. The van der Waals surface area contributed by atoms with Crippen LogP contribution >= 0.6 is 0 Å². The first-order valence-electron chi connectivity index (χ1n) is 9.38. The summed E-state index contributed by atoms with van der Waals surface area (Å²) in [6.45, 7) is 0.946. The van der Waals surface area contributed by atoms with E-state index < -0.39 is 23.6 Å². The van der Waals surface area contributed by atoms with Gasteiger partial charge in [-0.15, -0.1) is 0 Å². The molecule has 0 saturated carbocycles. The SMILES string of the molecule is O=C(CNC(=O)c1ccco1)NCC(=O)N1CCN(c2ccc(C(F)(F)F)cn2)CC1. The number of hydrogen-bond acceptors (Lipinski definition) is 6. The molecule has 31 heavy (non-hydrogen) atoms. The molecule has 2 aromatic heterocycles. The second kappa shape index (κ2) is 9.49. The zero-order valence-electron chi connectivity index (χ0n) is 16.3. The highest BCUT2D eigenvalue weighted by Gasteiger charge is 2.31. The highest BCUT2D eigenvalue weighted by Crippen LogP contribution is 2.29. The fourth-order valence-corrected chi connectivity index (χ4v) is 2.93. The van der Waals surface area contributed by atoms with E-state index in [-0.39, 0.29) is 24.8 Å². The number of halogens is 3. The average Bonchev–Trinajstić information content (AvgIpc) is 3.30. The summed E-state index contributed by atoms with van der Waals surface area (Å²) in [5, 5.41) is 4.81. The van der Waals surface area contributed by atoms with Crippen molar-refractivity contribution in [1.29, 1.82) is 0 Å². The molecule has 3 rings (SSSR count). The maximum atomic E-state index is 12.6. The number of rotatable bonds is 6. The number of furan rings is 1. The Kier molecular flexibility index (Phi) is 6.78. The summed E-state index contributed by atoms with van der Waals surface area (Å²) < 4.78 is 42.8. The largest absolute Gasteiger partial charge is 0.459 e. The number of hydrogen-bond donors (Lipinski definition) is 2. The van der Waals surface area contributed by atoms with Crippen molar-refractivity contribution in [3.8, 4) is 0 Å². The Hall–Kier alpha value is -3.57. The summed E-state index contributed by atoms with van der Waals surface area (Å²) in [6, 6.07) is 5.27. The van der Waals surface area contributed by atoms with E-state index in [4.69, 9.17) is 4.42 Å². The van der Waals surface area contributed by atoms with Crippen molar-refractivity contribution in [2.75, 3.05) is 44.2 Å². The minimum absolute atomic E-state index is 0.0734. The molecule has 1 saturated heterocycles. The molecule has 9 nitrogen and oxygen atoms in total. The van der Waals surface area contributed by atoms with E-state index in [0.717, 1.165) is 12.3 Å². The second-order valence-corrected chi connectivity index (χ2v) is 6.71. The van der Waals surface area contributed by atoms with Gasteiger partial charge in [0.05, 0.1) is 24.9 Å². The number of alkyl halides is 3. The van der Waals surface area contributed by atoms with Crippen LogP contribution in [0.5, 0.6) is 0 Å². The highest BCUT2D eigenvalue weighted by atomic mass is 19.4. The van der Waals surface area contributed by atoms with Crippen LogP contribution in [0.15, 0.2) is 41.1 Å². The fourth-order valence-electron chi connectivity index (χ4n) is 2.93. The Morgan fingerprint density at radius 1 is 1.03 bits per heavy atom. The van der Waals surface area contributed by atoms with E-state index in [1.165, 1.54) is 18.4 Å². The van der Waals surface area contributed by atoms with E-state index in [1.54, 1.807) is 15.9 Å². The molecule has 1 aliphatic rings. The van der Waals surface area contributed by atoms with Gasteiger partial charge in [-0.1, -0.05) is 0 Å². The summed E-state index contributed by atoms with van der Waals surface area (Å²) in [5.41, 5.74) is -0.818. The molecule has 166 valence electrons. The monoisotopic (exact) mass is 439 g/mol. The fraction of sp³-hybridized carbons (Fsp3) is 0.368. The van der Waals surface area contributed by atoms with Crippen molar-refractivity contribution in [2.45, 2.75) is 6.18 Å². The first kappa shape index (κ1) is 22.1. The van der Waals surface area contributed by atoms with Gasteiger partial charge in [-0.3, -0.25) is 14.4 Å². The lowest BCUT2D eigenvalue weighted by molar-refractivity contribution is -0.137. The molecule has 1 fully saturated rings. The molecule has 0 spiro atoms. The molecule has 0 aromatic carbocycles. The lowest BCUT2D eigenvalue weighted by Crippen LogP contribution is -2.52. The Bertz CT molecular complexity index is 908. The van der Waals surface area contributed by atoms with Gasteiger partial charge in [0.15, 0.2) is 5.76 Å². The minimum Gasteiger partial charge on any atom is -0.459 e. The third-order valence-electron chi connectivity index (χ3n) is 4.62. The van der Waals surface area contributed by atoms with Crippen LogP contribution in [-0.4, -0.2) is 66.9 Å². The van der Waals surface area contributed by atoms with Crippen molar-refractivity contribution >= 4 is 23.5 Å². The van der Waals surface area contributed by atoms with Crippen LogP contribution in [0.1, 0.15) is 16.1 Å². The molecule has 2 N–H and O–H groups in total. The van der Waals surface area contributed by atoms with E-state index in [2.05, 4.69) is 15.6 Å². The Morgan fingerprint density at radius 2 is 1.77 bits per heavy atom. The molecule has 0 aliphatic carbocycles. The van der Waals surface area contributed by atoms with Gasteiger partial charge in [0.2, 0.25) is 11.8 Å². The van der Waals surface area contributed by atoms with Crippen molar-refractivity contribution in [3.05, 3.63) is 48.0 Å². The molecular weight excluding hydrogens is 419 g/mol. The number of aromatic nitrogens is 1. The molecule has 12 heteroatoms. The predicted octanol–water partition coefficient (Wildman–Crippen LogP) is 0.888. The summed E-state index contributed by atoms with van der Waals surface area (Å²) in [5.74, 6) is -0.893. The van der Waals surface area contributed by atoms with Crippen molar-refractivity contribution < 1.29 is 32.0 Å². The number of pyridine rings is 1. The maximum Gasteiger partial charge on any atom is 0.417 e. The smallest absolute Gasteiger partial charge is 0.417 e. The predicted molar refractivity (Wildman–Crippen MR) is 102 cm³/mol. The van der Waals surface area contributed by atoms with Crippen LogP contribution in [0.4, 0.5) is 19.0 Å². The zero-order chi connectivity index (χ0) is 22.4. The number of carbonyl (C=O) groups excluding carboxylic acids is 3. The van der Waals surface area contributed by atoms with Crippen LogP contribution in [0.25, 0.3) is 0 Å². The zero-order valence-corrected chi connectivity index (χ0v) is 16.3. The summed E-state index contributed by atoms with van der Waals surface area (Å²) in [6.07, 6.45) is -2.32. The minimum atomic E-state index is -4.44. The van der Waals surface area contributed by atoms with Gasteiger partial charge in [-0.05, 0) is 24.3 Å². The number of nitrogens with zero attached hydrogens (tertiary/aromatic N) is 3. The van der Waals surface area contributed by atoms with Gasteiger partial charge < -0.3 is 24.9 Å². The summed E-state index contributed by atoms with van der Waals surface area (Å²) in [7, 11) is 0. The first-order chi connectivity index (χ1) is 14.7. The van der Waals surface area contributed by atoms with Gasteiger partial charge in [0.1, 0.15) is 5.82 Å². The average molecular weight is 439 g/mol. The van der Waals surface area contributed by atoms with Crippen LogP contribution in [-0.2, 0) is 15.8 Å². The Morgan fingerprint density at radius 3 is 2.35 bits per heavy atom. The normalized spacial score (nSPS) is 14.3. The van der Waals surface area contributed by atoms with E-state index in [1.807, 2.05) is 0 Å². The lowest BCUT2D eigenvalue weighted by Gasteiger charge is -2.35. The van der Waals surface area contributed by atoms with E-state index >= 15 is 0 Å². The molecule has 2 aromatic rings. The number of piperazine rings is 1. The molecule has 0 atom stereocenters. The van der Waals surface area contributed by atoms with Crippen LogP contribution in [0.3, 0.4) is 0 Å². The van der Waals surface area contributed by atoms with Gasteiger partial charge in [-0.25, -0.2) is 4.98 Å². The summed E-state index contributed by atoms with van der Waals surface area (Å²) >= 11 is 0. The maximum absolute atomic E-state index is 12.6. The van der Waals surface area contributed by atoms with Crippen LogP contribution in [0.2, 0.25) is 0 Å². The van der Waals surface area contributed by atoms with Crippen molar-refractivity contribution in [1.82, 2.24) is 20.5 Å². The van der Waals surface area contributed by atoms with Crippen molar-refractivity contribution in [3.63, 3.8) is 0 Å². The molecule has 3 amide bonds. The number of anilines is 1. The number of nitrogens with one attached hydrogen (secondary N) is 2. The quantitative estimate of drug-likeness (QED) is 0.692. The Balaban J connectivity index is 1.39. The number of amides is 3. The van der Waals surface area contributed by atoms with Gasteiger partial charge >= 0.3 is 6.18 Å². The molecule has 0 unspecified atom stereocenters. The van der Waals surface area contributed by atoms with Crippen LogP contribution < -0.4 is 15.5 Å². The Labute approximate surface area is 175 Å². The molecular formula is C19H20F3N5O4. The van der Waals surface area contributed by atoms with Gasteiger partial charge in [0.25, 0.3) is 5.91 Å². The molecule has 1 aliphatic heterocycles. The molecule has 0 bridgehead atoms. The summed E-state index contributed by atoms with van der Waals surface area (Å²) in [4.78, 5) is 43.0. The van der Waals surface area contributed by atoms with Crippen molar-refractivity contribution in [2.24, 2.45) is 0 Å². The first-order valence-corrected chi connectivity index (χ1v) is 9.38. The van der Waals surface area contributed by atoms with E-state index in [9.17, 15) is 27.6 Å². The third-order valence-corrected chi connectivity index (χ3v) is 4.62. The lowest BCUT2D eigenvalue weighted by atomic mass is 10.2.